The van der Waals surface area contributed by atoms with Gasteiger partial charge in [0.15, 0.2) is 11.6 Å². The summed E-state index contributed by atoms with van der Waals surface area (Å²) in [4.78, 5) is 25.6. The van der Waals surface area contributed by atoms with Crippen LogP contribution in [-0.2, 0) is 0 Å². The van der Waals surface area contributed by atoms with E-state index in [1.165, 1.54) is 44.9 Å². The van der Waals surface area contributed by atoms with Gasteiger partial charge >= 0.3 is 0 Å². The number of hydrogen-bond acceptors (Lipinski definition) is 4. The van der Waals surface area contributed by atoms with Gasteiger partial charge in [0, 0.05) is 17.0 Å². The summed E-state index contributed by atoms with van der Waals surface area (Å²) in [6.07, 6.45) is 8.67. The molecule has 0 N–H and O–H groups in total. The van der Waals surface area contributed by atoms with E-state index in [0.717, 1.165) is 11.3 Å². The van der Waals surface area contributed by atoms with Crippen LogP contribution in [0.1, 0.15) is 83.6 Å². The molecule has 2 aromatic rings. The number of rotatable bonds is 6. The Hall–Kier alpha value is -2.62. The normalized spacial score (nSPS) is 19.3. The summed E-state index contributed by atoms with van der Waals surface area (Å²) in [5.74, 6) is 1.86. The van der Waals surface area contributed by atoms with E-state index >= 15 is 0 Å². The lowest BCUT2D eigenvalue weighted by Crippen LogP contribution is -2.17. The van der Waals surface area contributed by atoms with Crippen molar-refractivity contribution in [1.82, 2.24) is 0 Å². The van der Waals surface area contributed by atoms with Gasteiger partial charge < -0.3 is 9.47 Å². The summed E-state index contributed by atoms with van der Waals surface area (Å²) in [6.45, 7) is 0.650. The number of carbonyl (C=O) groups is 2. The van der Waals surface area contributed by atoms with Gasteiger partial charge in [-0.05, 0) is 30.9 Å². The molecule has 1 heterocycles. The van der Waals surface area contributed by atoms with Crippen LogP contribution < -0.4 is 9.47 Å². The van der Waals surface area contributed by atoms with Crippen LogP contribution in [0.5, 0.6) is 11.5 Å². The van der Waals surface area contributed by atoms with E-state index in [1.54, 1.807) is 25.3 Å². The molecule has 1 atom stereocenters. The molecule has 0 bridgehead atoms. The maximum absolute atomic E-state index is 13.0. The quantitative estimate of drug-likeness (QED) is 0.437. The minimum atomic E-state index is -0.202. The molecule has 2 aliphatic rings. The van der Waals surface area contributed by atoms with Crippen molar-refractivity contribution in [3.8, 4) is 11.5 Å². The topological polar surface area (TPSA) is 52.6 Å². The molecule has 30 heavy (non-hydrogen) atoms. The Morgan fingerprint density at radius 2 is 1.63 bits per heavy atom. The third kappa shape index (κ3) is 4.28. The zero-order chi connectivity index (χ0) is 20.9. The van der Waals surface area contributed by atoms with Gasteiger partial charge in [0.25, 0.3) is 0 Å². The molecular weight excluding hydrogens is 376 g/mol. The number of benzene rings is 2. The van der Waals surface area contributed by atoms with Crippen LogP contribution in [-0.4, -0.2) is 25.3 Å². The number of Topliss-reactive ketones (excluding diaryl/α,β-unsaturated/α-hetero) is 2. The van der Waals surface area contributed by atoms with Crippen LogP contribution in [0.15, 0.2) is 42.5 Å². The van der Waals surface area contributed by atoms with Crippen LogP contribution in [0.4, 0.5) is 0 Å². The summed E-state index contributed by atoms with van der Waals surface area (Å²) >= 11 is 0. The minimum absolute atomic E-state index is 0.159. The summed E-state index contributed by atoms with van der Waals surface area (Å²) in [5.41, 5.74) is 2.07. The molecule has 2 aromatic carbocycles. The van der Waals surface area contributed by atoms with Crippen molar-refractivity contribution in [3.05, 3.63) is 59.2 Å². The molecule has 0 amide bonds. The second kappa shape index (κ2) is 9.46. The van der Waals surface area contributed by atoms with E-state index < -0.39 is 0 Å². The molecule has 0 aromatic heterocycles. The smallest absolute Gasteiger partial charge is 0.174 e. The van der Waals surface area contributed by atoms with Gasteiger partial charge in [-0.2, -0.15) is 0 Å². The fourth-order valence-electron chi connectivity index (χ4n) is 4.99. The van der Waals surface area contributed by atoms with Crippen molar-refractivity contribution in [2.45, 2.75) is 57.3 Å². The van der Waals surface area contributed by atoms with Crippen molar-refractivity contribution < 1.29 is 19.1 Å². The van der Waals surface area contributed by atoms with E-state index in [1.807, 2.05) is 24.3 Å². The highest BCUT2D eigenvalue weighted by atomic mass is 16.5. The Bertz CT molecular complexity index is 895. The number of methoxy groups -OCH3 is 1. The average Bonchev–Trinajstić information content (AvgIpc) is 3.17. The lowest BCUT2D eigenvalue weighted by Gasteiger charge is -2.26. The van der Waals surface area contributed by atoms with Crippen LogP contribution >= 0.6 is 0 Å². The molecule has 0 saturated heterocycles. The Kier molecular flexibility index (Phi) is 6.51. The first kappa shape index (κ1) is 20.6. The molecule has 0 radical (unpaired) electrons. The summed E-state index contributed by atoms with van der Waals surface area (Å²) < 4.78 is 11.8. The highest BCUT2D eigenvalue weighted by Gasteiger charge is 2.36. The molecule has 1 saturated carbocycles. The lowest BCUT2D eigenvalue weighted by molar-refractivity contribution is 0.0892. The molecule has 158 valence electrons. The van der Waals surface area contributed by atoms with Crippen molar-refractivity contribution in [1.29, 1.82) is 0 Å². The van der Waals surface area contributed by atoms with E-state index in [9.17, 15) is 9.59 Å². The van der Waals surface area contributed by atoms with E-state index in [2.05, 4.69) is 0 Å². The SMILES string of the molecule is COc1c(C(=O)CC(=O)c2ccccc2)ccc2c1C(C1CCCCCCC1)CO2. The fourth-order valence-corrected chi connectivity index (χ4v) is 4.99. The van der Waals surface area contributed by atoms with E-state index in [0.29, 0.717) is 29.4 Å². The first-order valence-electron chi connectivity index (χ1n) is 11.1. The van der Waals surface area contributed by atoms with Crippen molar-refractivity contribution >= 4 is 11.6 Å². The van der Waals surface area contributed by atoms with E-state index in [-0.39, 0.29) is 23.9 Å². The Labute approximate surface area is 178 Å². The Morgan fingerprint density at radius 1 is 0.933 bits per heavy atom. The highest BCUT2D eigenvalue weighted by Crippen LogP contribution is 2.48. The van der Waals surface area contributed by atoms with Gasteiger partial charge in [-0.15, -0.1) is 0 Å². The Morgan fingerprint density at radius 3 is 2.33 bits per heavy atom. The average molecular weight is 407 g/mol. The number of ketones is 2. The molecule has 4 nitrogen and oxygen atoms in total. The predicted molar refractivity (Wildman–Crippen MR) is 117 cm³/mol. The molecule has 1 aliphatic heterocycles. The monoisotopic (exact) mass is 406 g/mol. The summed E-state index contributed by atoms with van der Waals surface area (Å²) in [5, 5.41) is 0. The summed E-state index contributed by atoms with van der Waals surface area (Å²) in [6, 6.07) is 12.6. The van der Waals surface area contributed by atoms with Gasteiger partial charge in [0.05, 0.1) is 25.7 Å². The highest BCUT2D eigenvalue weighted by molar-refractivity contribution is 6.14. The molecule has 0 spiro atoms. The molecule has 1 fully saturated rings. The largest absolute Gasteiger partial charge is 0.496 e. The molecule has 1 unspecified atom stereocenters. The first-order valence-corrected chi connectivity index (χ1v) is 11.1. The lowest BCUT2D eigenvalue weighted by atomic mass is 9.78. The predicted octanol–water partition coefficient (Wildman–Crippen LogP) is 5.99. The Balaban J connectivity index is 1.60. The van der Waals surface area contributed by atoms with Crippen molar-refractivity contribution in [2.75, 3.05) is 13.7 Å². The van der Waals surface area contributed by atoms with Crippen LogP contribution in [0.3, 0.4) is 0 Å². The third-order valence-corrected chi connectivity index (χ3v) is 6.59. The van der Waals surface area contributed by atoms with Crippen LogP contribution in [0.2, 0.25) is 0 Å². The second-order valence-electron chi connectivity index (χ2n) is 8.47. The molecule has 4 heteroatoms. The standard InChI is InChI=1S/C26H30O4/c1-29-26-20(23(28)16-22(27)19-12-8-5-9-13-19)14-15-24-25(26)21(17-30-24)18-10-6-3-2-4-7-11-18/h5,8-9,12-15,18,21H,2-4,6-7,10-11,16-17H2,1H3. The zero-order valence-electron chi connectivity index (χ0n) is 17.7. The zero-order valence-corrected chi connectivity index (χ0v) is 17.7. The maximum atomic E-state index is 13.0. The minimum Gasteiger partial charge on any atom is -0.496 e. The van der Waals surface area contributed by atoms with Gasteiger partial charge in [-0.3, -0.25) is 9.59 Å². The maximum Gasteiger partial charge on any atom is 0.174 e. The number of carbonyl (C=O) groups excluding carboxylic acids is 2. The summed E-state index contributed by atoms with van der Waals surface area (Å²) in [7, 11) is 1.61. The number of hydrogen-bond donors (Lipinski definition) is 0. The molecular formula is C26H30O4. The van der Waals surface area contributed by atoms with E-state index in [4.69, 9.17) is 9.47 Å². The number of fused-ring (bicyclic) bond motifs is 1. The molecule has 4 rings (SSSR count). The van der Waals surface area contributed by atoms with Gasteiger partial charge in [0.1, 0.15) is 11.5 Å². The first-order chi connectivity index (χ1) is 14.7. The van der Waals surface area contributed by atoms with Gasteiger partial charge in [-0.1, -0.05) is 62.4 Å². The number of ether oxygens (including phenoxy) is 2. The van der Waals surface area contributed by atoms with Gasteiger partial charge in [0.2, 0.25) is 0 Å². The van der Waals surface area contributed by atoms with Crippen molar-refractivity contribution in [2.24, 2.45) is 5.92 Å². The van der Waals surface area contributed by atoms with Crippen molar-refractivity contribution in [3.63, 3.8) is 0 Å². The second-order valence-corrected chi connectivity index (χ2v) is 8.47. The fraction of sp³-hybridized carbons (Fsp3) is 0.462. The molecule has 1 aliphatic carbocycles. The van der Waals surface area contributed by atoms with Gasteiger partial charge in [-0.25, -0.2) is 0 Å². The van der Waals surface area contributed by atoms with Crippen LogP contribution in [0.25, 0.3) is 0 Å². The third-order valence-electron chi connectivity index (χ3n) is 6.59. The van der Waals surface area contributed by atoms with Crippen LogP contribution in [0, 0.1) is 5.92 Å².